The normalized spacial score (nSPS) is 10.4. The van der Waals surface area contributed by atoms with Crippen molar-refractivity contribution in [2.45, 2.75) is 0 Å². The average molecular weight is 362 g/mol. The lowest BCUT2D eigenvalue weighted by molar-refractivity contribution is 0.112. The molecule has 2 rings (SSSR count). The summed E-state index contributed by atoms with van der Waals surface area (Å²) >= 11 is 5.44. The Hall–Kier alpha value is -0.490. The van der Waals surface area contributed by atoms with Crippen LogP contribution in [0.3, 0.4) is 0 Å². The van der Waals surface area contributed by atoms with E-state index >= 15 is 0 Å². The van der Waals surface area contributed by atoms with Crippen LogP contribution in [0, 0.1) is 3.57 Å². The maximum absolute atomic E-state index is 10.8. The van der Waals surface area contributed by atoms with E-state index in [0.29, 0.717) is 10.2 Å². The predicted molar refractivity (Wildman–Crippen MR) is 67.5 cm³/mol. The van der Waals surface area contributed by atoms with Crippen LogP contribution < -0.4 is 0 Å². The van der Waals surface area contributed by atoms with Crippen LogP contribution in [-0.2, 0) is 0 Å². The molecule has 4 heteroatoms. The fourth-order valence-electron chi connectivity index (χ4n) is 1.26. The van der Waals surface area contributed by atoms with Crippen molar-refractivity contribution in [2.75, 3.05) is 0 Å². The highest BCUT2D eigenvalue weighted by atomic mass is 127. The second kappa shape index (κ2) is 3.94. The molecule has 0 fully saturated rings. The van der Waals surface area contributed by atoms with Gasteiger partial charge in [-0.25, -0.2) is 4.98 Å². The molecule has 0 spiro atoms. The Morgan fingerprint density at radius 1 is 1.36 bits per heavy atom. The minimum Gasteiger partial charge on any atom is -0.298 e. The number of benzene rings is 1. The number of fused-ring (bicyclic) bond motifs is 1. The number of carbonyl (C=O) groups excluding carboxylic acids is 1. The molecule has 0 atom stereocenters. The third-order valence-electron chi connectivity index (χ3n) is 1.94. The summed E-state index contributed by atoms with van der Waals surface area (Å²) in [6.07, 6.45) is 0.825. The number of aromatic nitrogens is 1. The quantitative estimate of drug-likeness (QED) is 0.442. The Bertz CT molecular complexity index is 513. The van der Waals surface area contributed by atoms with Crippen molar-refractivity contribution in [1.82, 2.24) is 4.98 Å². The van der Waals surface area contributed by atoms with E-state index < -0.39 is 0 Å². The van der Waals surface area contributed by atoms with E-state index in [-0.39, 0.29) is 0 Å². The second-order valence-electron chi connectivity index (χ2n) is 2.77. The number of para-hydroxylation sites is 1. The minimum absolute atomic E-state index is 0.607. The van der Waals surface area contributed by atoms with Crippen LogP contribution in [0.1, 0.15) is 10.4 Å². The molecular formula is C10H5BrINO. The van der Waals surface area contributed by atoms with Gasteiger partial charge in [0.15, 0.2) is 6.29 Å². The number of halogens is 2. The second-order valence-corrected chi connectivity index (χ2v) is 4.60. The van der Waals surface area contributed by atoms with Gasteiger partial charge in [0.05, 0.1) is 11.1 Å². The van der Waals surface area contributed by atoms with E-state index in [1.807, 2.05) is 24.3 Å². The number of pyridine rings is 1. The number of hydrogen-bond acceptors (Lipinski definition) is 2. The number of rotatable bonds is 1. The maximum Gasteiger partial charge on any atom is 0.153 e. The molecular weight excluding hydrogens is 357 g/mol. The van der Waals surface area contributed by atoms with Gasteiger partial charge >= 0.3 is 0 Å². The van der Waals surface area contributed by atoms with Gasteiger partial charge in [0, 0.05) is 8.96 Å². The Morgan fingerprint density at radius 2 is 2.07 bits per heavy atom. The molecule has 1 aromatic carbocycles. The van der Waals surface area contributed by atoms with Crippen LogP contribution in [-0.4, -0.2) is 11.3 Å². The summed E-state index contributed by atoms with van der Waals surface area (Å²) in [7, 11) is 0. The van der Waals surface area contributed by atoms with Crippen molar-refractivity contribution in [3.8, 4) is 0 Å². The topological polar surface area (TPSA) is 30.0 Å². The lowest BCUT2D eigenvalue weighted by Gasteiger charge is -2.04. The van der Waals surface area contributed by atoms with E-state index in [1.54, 1.807) is 0 Å². The fourth-order valence-corrected chi connectivity index (χ4v) is 2.95. The Balaban J connectivity index is 2.92. The standard InChI is InChI=1S/C10H5BrINO/c11-10-7(5-14)9(12)6-3-1-2-4-8(6)13-10/h1-5H. The molecule has 0 saturated carbocycles. The predicted octanol–water partition coefficient (Wildman–Crippen LogP) is 3.41. The zero-order valence-electron chi connectivity index (χ0n) is 7.00. The van der Waals surface area contributed by atoms with Gasteiger partial charge in [-0.15, -0.1) is 0 Å². The zero-order valence-corrected chi connectivity index (χ0v) is 10.7. The van der Waals surface area contributed by atoms with Gasteiger partial charge in [-0.05, 0) is 44.6 Å². The van der Waals surface area contributed by atoms with Crippen LogP contribution in [0.4, 0.5) is 0 Å². The van der Waals surface area contributed by atoms with Crippen molar-refractivity contribution in [3.05, 3.63) is 38.0 Å². The van der Waals surface area contributed by atoms with Crippen LogP contribution in [0.5, 0.6) is 0 Å². The molecule has 1 heterocycles. The van der Waals surface area contributed by atoms with E-state index in [1.165, 1.54) is 0 Å². The Morgan fingerprint density at radius 3 is 2.79 bits per heavy atom. The zero-order chi connectivity index (χ0) is 10.1. The maximum atomic E-state index is 10.8. The largest absolute Gasteiger partial charge is 0.298 e. The summed E-state index contributed by atoms with van der Waals surface area (Å²) in [6, 6.07) is 7.76. The third kappa shape index (κ3) is 1.56. The molecule has 0 saturated heterocycles. The van der Waals surface area contributed by atoms with Gasteiger partial charge in [-0.3, -0.25) is 4.79 Å². The van der Waals surface area contributed by atoms with Gasteiger partial charge in [0.25, 0.3) is 0 Å². The smallest absolute Gasteiger partial charge is 0.153 e. The fraction of sp³-hybridized carbons (Fsp3) is 0. The summed E-state index contributed by atoms with van der Waals surface area (Å²) in [5, 5.41) is 1.01. The van der Waals surface area contributed by atoms with Gasteiger partial charge in [-0.1, -0.05) is 18.2 Å². The van der Waals surface area contributed by atoms with E-state index in [4.69, 9.17) is 0 Å². The van der Waals surface area contributed by atoms with Crippen LogP contribution in [0.2, 0.25) is 0 Å². The third-order valence-corrected chi connectivity index (χ3v) is 3.70. The molecule has 2 aromatic rings. The first kappa shape index (κ1) is 10.0. The van der Waals surface area contributed by atoms with Crippen molar-refractivity contribution < 1.29 is 4.79 Å². The molecule has 0 N–H and O–H groups in total. The van der Waals surface area contributed by atoms with Crippen molar-refractivity contribution in [1.29, 1.82) is 0 Å². The summed E-state index contributed by atoms with van der Waals surface area (Å²) in [5.41, 5.74) is 1.51. The molecule has 0 aliphatic rings. The first-order valence-corrected chi connectivity index (χ1v) is 5.80. The molecule has 0 radical (unpaired) electrons. The van der Waals surface area contributed by atoms with Crippen LogP contribution in [0.15, 0.2) is 28.9 Å². The Labute approximate surface area is 103 Å². The highest BCUT2D eigenvalue weighted by molar-refractivity contribution is 14.1. The van der Waals surface area contributed by atoms with E-state index in [0.717, 1.165) is 20.8 Å². The molecule has 70 valence electrons. The molecule has 0 bridgehead atoms. The summed E-state index contributed by atoms with van der Waals surface area (Å²) in [6.45, 7) is 0. The molecule has 2 nitrogen and oxygen atoms in total. The Kier molecular flexibility index (Phi) is 2.83. The minimum atomic E-state index is 0.607. The number of aldehydes is 1. The SMILES string of the molecule is O=Cc1c(Br)nc2ccccc2c1I. The highest BCUT2D eigenvalue weighted by Crippen LogP contribution is 2.26. The highest BCUT2D eigenvalue weighted by Gasteiger charge is 2.09. The number of hydrogen-bond donors (Lipinski definition) is 0. The van der Waals surface area contributed by atoms with Gasteiger partial charge in [0.2, 0.25) is 0 Å². The van der Waals surface area contributed by atoms with Gasteiger partial charge in [-0.2, -0.15) is 0 Å². The van der Waals surface area contributed by atoms with E-state index in [2.05, 4.69) is 43.5 Å². The monoisotopic (exact) mass is 361 g/mol. The average Bonchev–Trinajstić information content (AvgIpc) is 2.18. The summed E-state index contributed by atoms with van der Waals surface area (Å²) in [4.78, 5) is 15.1. The first-order chi connectivity index (χ1) is 6.74. The summed E-state index contributed by atoms with van der Waals surface area (Å²) < 4.78 is 1.55. The van der Waals surface area contributed by atoms with Crippen LogP contribution >= 0.6 is 38.5 Å². The summed E-state index contributed by atoms with van der Waals surface area (Å²) in [5.74, 6) is 0. The van der Waals surface area contributed by atoms with Crippen molar-refractivity contribution in [2.24, 2.45) is 0 Å². The van der Waals surface area contributed by atoms with Gasteiger partial charge < -0.3 is 0 Å². The number of carbonyl (C=O) groups is 1. The van der Waals surface area contributed by atoms with Gasteiger partial charge in [0.1, 0.15) is 4.60 Å². The lowest BCUT2D eigenvalue weighted by atomic mass is 10.2. The van der Waals surface area contributed by atoms with Crippen LogP contribution in [0.25, 0.3) is 10.9 Å². The lowest BCUT2D eigenvalue weighted by Crippen LogP contribution is -1.93. The molecule has 14 heavy (non-hydrogen) atoms. The molecule has 0 amide bonds. The number of nitrogens with zero attached hydrogens (tertiary/aromatic N) is 1. The van der Waals surface area contributed by atoms with Crippen molar-refractivity contribution in [3.63, 3.8) is 0 Å². The molecule has 0 aliphatic heterocycles. The molecule has 0 unspecified atom stereocenters. The molecule has 0 aliphatic carbocycles. The molecule has 1 aromatic heterocycles. The first-order valence-electron chi connectivity index (χ1n) is 3.93. The van der Waals surface area contributed by atoms with E-state index in [9.17, 15) is 4.79 Å². The van der Waals surface area contributed by atoms with Crippen molar-refractivity contribution >= 4 is 55.7 Å².